The molecule has 0 spiro atoms. The highest BCUT2D eigenvalue weighted by molar-refractivity contribution is 5.56. The first-order valence-electron chi connectivity index (χ1n) is 2.60. The molecule has 0 aliphatic carbocycles. The van der Waals surface area contributed by atoms with Crippen LogP contribution >= 0.6 is 0 Å². The predicted octanol–water partition coefficient (Wildman–Crippen LogP) is 1.06. The van der Waals surface area contributed by atoms with Crippen LogP contribution in [0.2, 0.25) is 0 Å². The Morgan fingerprint density at radius 2 is 2.22 bits per heavy atom. The molecule has 1 N–H and O–H groups in total. The van der Waals surface area contributed by atoms with Crippen LogP contribution in [-0.4, -0.2) is 24.2 Å². The molecule has 4 nitrogen and oxygen atoms in total. The van der Waals surface area contributed by atoms with Crippen LogP contribution in [0.4, 0.5) is 4.79 Å². The second-order valence-corrected chi connectivity index (χ2v) is 1.74. The van der Waals surface area contributed by atoms with Crippen LogP contribution in [0.5, 0.6) is 0 Å². The molecular weight excluding hydrogens is 124 g/mol. The van der Waals surface area contributed by atoms with E-state index in [1.165, 1.54) is 0 Å². The van der Waals surface area contributed by atoms with Crippen molar-refractivity contribution in [2.24, 2.45) is 0 Å². The summed E-state index contributed by atoms with van der Waals surface area (Å²) in [5.74, 6) is 0. The van der Waals surface area contributed by atoms with Crippen LogP contribution in [0.15, 0.2) is 0 Å². The zero-order valence-corrected chi connectivity index (χ0v) is 5.46. The quantitative estimate of drug-likeness (QED) is 0.463. The molecule has 0 aromatic carbocycles. The monoisotopic (exact) mass is 134 g/mol. The summed E-state index contributed by atoms with van der Waals surface area (Å²) in [6, 6.07) is 0. The van der Waals surface area contributed by atoms with Crippen molar-refractivity contribution in [3.05, 3.63) is 0 Å². The number of hydrogen-bond donors (Lipinski definition) is 1. The second-order valence-electron chi connectivity index (χ2n) is 1.74. The number of ether oxygens (including phenoxy) is 2. The molecule has 0 bridgehead atoms. The molecule has 0 aromatic heterocycles. The van der Waals surface area contributed by atoms with Crippen LogP contribution in [0.1, 0.15) is 13.8 Å². The van der Waals surface area contributed by atoms with Gasteiger partial charge in [0.1, 0.15) is 0 Å². The van der Waals surface area contributed by atoms with Gasteiger partial charge in [-0.2, -0.15) is 0 Å². The van der Waals surface area contributed by atoms with Gasteiger partial charge in [0, 0.05) is 0 Å². The van der Waals surface area contributed by atoms with Gasteiger partial charge in [-0.05, 0) is 13.8 Å². The summed E-state index contributed by atoms with van der Waals surface area (Å²) in [5, 5.41) is 7.92. The van der Waals surface area contributed by atoms with E-state index in [9.17, 15) is 4.79 Å². The molecule has 0 heterocycles. The molecule has 54 valence electrons. The number of carbonyl (C=O) groups is 1. The van der Waals surface area contributed by atoms with Crippen LogP contribution in [0.25, 0.3) is 0 Å². The Balaban J connectivity index is 3.01. The minimum Gasteiger partial charge on any atom is -0.450 e. The van der Waals surface area contributed by atoms with E-state index in [0.29, 0.717) is 0 Å². The summed E-state index contributed by atoms with van der Waals surface area (Å²) < 4.78 is 8.80. The smallest absolute Gasteiger partial charge is 0.450 e. The number of rotatable bonds is 3. The van der Waals surface area contributed by atoms with Crippen LogP contribution in [0.3, 0.4) is 0 Å². The van der Waals surface area contributed by atoms with Gasteiger partial charge in [0.25, 0.3) is 0 Å². The van der Waals surface area contributed by atoms with E-state index in [2.05, 4.69) is 4.74 Å². The number of hydrogen-bond acceptors (Lipinski definition) is 3. The zero-order valence-electron chi connectivity index (χ0n) is 5.46. The van der Waals surface area contributed by atoms with Gasteiger partial charge in [-0.3, -0.25) is 0 Å². The molecule has 0 fully saturated rings. The van der Waals surface area contributed by atoms with Gasteiger partial charge in [-0.1, -0.05) is 0 Å². The Hall–Kier alpha value is -0.770. The van der Waals surface area contributed by atoms with E-state index in [0.717, 1.165) is 0 Å². The van der Waals surface area contributed by atoms with Crippen molar-refractivity contribution >= 4 is 6.16 Å². The summed E-state index contributed by atoms with van der Waals surface area (Å²) in [7, 11) is 0. The normalized spacial score (nSPS) is 9.67. The largest absolute Gasteiger partial charge is 0.507 e. The molecule has 9 heavy (non-hydrogen) atoms. The average molecular weight is 134 g/mol. The van der Waals surface area contributed by atoms with Crippen molar-refractivity contribution in [1.82, 2.24) is 0 Å². The third kappa shape index (κ3) is 7.23. The van der Waals surface area contributed by atoms with Gasteiger partial charge in [-0.15, -0.1) is 0 Å². The third-order valence-corrected chi connectivity index (χ3v) is 0.584. The van der Waals surface area contributed by atoms with Crippen molar-refractivity contribution < 1.29 is 19.4 Å². The molecule has 0 amide bonds. The molecule has 0 rings (SSSR count). The Labute approximate surface area is 53.4 Å². The fraction of sp³-hybridized carbons (Fsp3) is 0.800. The van der Waals surface area contributed by atoms with Gasteiger partial charge >= 0.3 is 6.16 Å². The first kappa shape index (κ1) is 8.23. The Kier molecular flexibility index (Phi) is 3.79. The first-order chi connectivity index (χ1) is 4.13. The van der Waals surface area contributed by atoms with Gasteiger partial charge in [0.15, 0.2) is 6.79 Å². The van der Waals surface area contributed by atoms with Gasteiger partial charge < -0.3 is 14.6 Å². The lowest BCUT2D eigenvalue weighted by molar-refractivity contribution is -0.0579. The van der Waals surface area contributed by atoms with Crippen molar-refractivity contribution in [2.45, 2.75) is 20.0 Å². The van der Waals surface area contributed by atoms with Gasteiger partial charge in [0.2, 0.25) is 0 Å². The molecule has 0 radical (unpaired) electrons. The molecule has 0 aliphatic heterocycles. The average Bonchev–Trinajstić information content (AvgIpc) is 1.63. The standard InChI is InChI=1S/C5H10O4/c1-4(2)8-3-9-5(6)7/h4H,3H2,1-2H3,(H,6,7). The third-order valence-electron chi connectivity index (χ3n) is 0.584. The molecular formula is C5H10O4. The topological polar surface area (TPSA) is 55.8 Å². The molecule has 0 aliphatic rings. The summed E-state index contributed by atoms with van der Waals surface area (Å²) in [4.78, 5) is 9.68. The number of carboxylic acid groups (broad SMARTS) is 1. The Morgan fingerprint density at radius 3 is 2.56 bits per heavy atom. The lowest BCUT2D eigenvalue weighted by Gasteiger charge is -2.04. The van der Waals surface area contributed by atoms with Crippen molar-refractivity contribution in [2.75, 3.05) is 6.79 Å². The molecule has 0 aromatic rings. The molecule has 0 saturated carbocycles. The maximum atomic E-state index is 9.68. The predicted molar refractivity (Wildman–Crippen MR) is 30.2 cm³/mol. The summed E-state index contributed by atoms with van der Waals surface area (Å²) in [6.07, 6.45) is -1.31. The maximum Gasteiger partial charge on any atom is 0.507 e. The zero-order chi connectivity index (χ0) is 7.28. The van der Waals surface area contributed by atoms with Crippen molar-refractivity contribution in [3.63, 3.8) is 0 Å². The minimum absolute atomic E-state index is 0.00403. The highest BCUT2D eigenvalue weighted by Crippen LogP contribution is 1.87. The van der Waals surface area contributed by atoms with E-state index in [4.69, 9.17) is 9.84 Å². The van der Waals surface area contributed by atoms with Crippen LogP contribution in [-0.2, 0) is 9.47 Å². The maximum absolute atomic E-state index is 9.68. The minimum atomic E-state index is -1.31. The summed E-state index contributed by atoms with van der Waals surface area (Å²) in [5.41, 5.74) is 0. The van der Waals surface area contributed by atoms with E-state index in [-0.39, 0.29) is 12.9 Å². The van der Waals surface area contributed by atoms with Gasteiger partial charge in [-0.25, -0.2) is 4.79 Å². The SMILES string of the molecule is CC(C)OCOC(=O)O. The molecule has 0 unspecified atom stereocenters. The van der Waals surface area contributed by atoms with Crippen LogP contribution < -0.4 is 0 Å². The fourth-order valence-electron chi connectivity index (χ4n) is 0.221. The fourth-order valence-corrected chi connectivity index (χ4v) is 0.221. The van der Waals surface area contributed by atoms with E-state index < -0.39 is 6.16 Å². The van der Waals surface area contributed by atoms with E-state index in [1.807, 2.05) is 0 Å². The Bertz CT molecular complexity index is 89.0. The second kappa shape index (κ2) is 4.14. The summed E-state index contributed by atoms with van der Waals surface area (Å²) in [6.45, 7) is 3.41. The van der Waals surface area contributed by atoms with E-state index >= 15 is 0 Å². The molecule has 4 heteroatoms. The van der Waals surface area contributed by atoms with Crippen LogP contribution in [0, 0.1) is 0 Å². The van der Waals surface area contributed by atoms with Crippen molar-refractivity contribution in [1.29, 1.82) is 0 Å². The van der Waals surface area contributed by atoms with Crippen molar-refractivity contribution in [3.8, 4) is 0 Å². The lowest BCUT2D eigenvalue weighted by atomic mass is 10.5. The lowest BCUT2D eigenvalue weighted by Crippen LogP contribution is -2.09. The first-order valence-corrected chi connectivity index (χ1v) is 2.60. The van der Waals surface area contributed by atoms with Gasteiger partial charge in [0.05, 0.1) is 6.10 Å². The molecule has 0 saturated heterocycles. The van der Waals surface area contributed by atoms with E-state index in [1.54, 1.807) is 13.8 Å². The highest BCUT2D eigenvalue weighted by atomic mass is 16.7. The molecule has 0 atom stereocenters. The summed E-state index contributed by atoms with van der Waals surface area (Å²) >= 11 is 0. The highest BCUT2D eigenvalue weighted by Gasteiger charge is 1.96. The Morgan fingerprint density at radius 1 is 1.67 bits per heavy atom.